The Bertz CT molecular complexity index is 966. The van der Waals surface area contributed by atoms with Gasteiger partial charge >= 0.3 is 0 Å². The molecule has 4 rings (SSSR count). The maximum Gasteiger partial charge on any atom is 0.276 e. The van der Waals surface area contributed by atoms with E-state index in [2.05, 4.69) is 10.3 Å². The SMILES string of the molecule is O=C(c1cn(-c2cccc(F)c2)nn1)N1CCN(c2ccccc2F)CC1. The molecular formula is C19H17F2N5O. The number of carbonyl (C=O) groups is 1. The Kier molecular flexibility index (Phi) is 4.53. The van der Waals surface area contributed by atoms with Crippen molar-refractivity contribution in [2.75, 3.05) is 31.1 Å². The van der Waals surface area contributed by atoms with Gasteiger partial charge in [0.15, 0.2) is 5.69 Å². The first-order chi connectivity index (χ1) is 13.1. The molecule has 0 aliphatic carbocycles. The highest BCUT2D eigenvalue weighted by atomic mass is 19.1. The molecule has 0 saturated carbocycles. The van der Waals surface area contributed by atoms with Crippen molar-refractivity contribution in [1.29, 1.82) is 0 Å². The van der Waals surface area contributed by atoms with E-state index >= 15 is 0 Å². The summed E-state index contributed by atoms with van der Waals surface area (Å²) < 4.78 is 28.6. The van der Waals surface area contributed by atoms with Crippen molar-refractivity contribution in [3.8, 4) is 5.69 Å². The van der Waals surface area contributed by atoms with Gasteiger partial charge in [-0.15, -0.1) is 5.10 Å². The van der Waals surface area contributed by atoms with Gasteiger partial charge in [-0.25, -0.2) is 13.5 Å². The summed E-state index contributed by atoms with van der Waals surface area (Å²) in [6.45, 7) is 1.98. The van der Waals surface area contributed by atoms with Crippen LogP contribution in [0.4, 0.5) is 14.5 Å². The van der Waals surface area contributed by atoms with Gasteiger partial charge in [0, 0.05) is 26.2 Å². The van der Waals surface area contributed by atoms with E-state index in [-0.39, 0.29) is 23.2 Å². The molecule has 138 valence electrons. The predicted molar refractivity (Wildman–Crippen MR) is 95.8 cm³/mol. The van der Waals surface area contributed by atoms with Crippen molar-refractivity contribution in [1.82, 2.24) is 19.9 Å². The number of benzene rings is 2. The quantitative estimate of drug-likeness (QED) is 0.712. The zero-order valence-corrected chi connectivity index (χ0v) is 14.4. The van der Waals surface area contributed by atoms with Crippen molar-refractivity contribution in [3.63, 3.8) is 0 Å². The van der Waals surface area contributed by atoms with Gasteiger partial charge in [-0.05, 0) is 30.3 Å². The summed E-state index contributed by atoms with van der Waals surface area (Å²) in [6, 6.07) is 12.5. The molecule has 0 atom stereocenters. The van der Waals surface area contributed by atoms with Crippen LogP contribution in [-0.2, 0) is 0 Å². The molecule has 1 aliphatic rings. The molecule has 0 radical (unpaired) electrons. The van der Waals surface area contributed by atoms with Crippen molar-refractivity contribution in [2.24, 2.45) is 0 Å². The summed E-state index contributed by atoms with van der Waals surface area (Å²) in [5, 5.41) is 7.82. The third-order valence-corrected chi connectivity index (χ3v) is 4.55. The van der Waals surface area contributed by atoms with Crippen LogP contribution in [0.5, 0.6) is 0 Å². The summed E-state index contributed by atoms with van der Waals surface area (Å²) in [5.41, 5.74) is 1.23. The lowest BCUT2D eigenvalue weighted by Crippen LogP contribution is -2.49. The van der Waals surface area contributed by atoms with Crippen molar-refractivity contribution < 1.29 is 13.6 Å². The minimum absolute atomic E-state index is 0.193. The first-order valence-corrected chi connectivity index (χ1v) is 8.59. The van der Waals surface area contributed by atoms with Crippen molar-refractivity contribution >= 4 is 11.6 Å². The average molecular weight is 369 g/mol. The smallest absolute Gasteiger partial charge is 0.276 e. The van der Waals surface area contributed by atoms with E-state index in [0.717, 1.165) is 0 Å². The highest BCUT2D eigenvalue weighted by molar-refractivity contribution is 5.92. The van der Waals surface area contributed by atoms with Crippen LogP contribution in [0, 0.1) is 11.6 Å². The topological polar surface area (TPSA) is 54.3 Å². The zero-order valence-electron chi connectivity index (χ0n) is 14.4. The Balaban J connectivity index is 1.43. The molecule has 1 fully saturated rings. The fraction of sp³-hybridized carbons (Fsp3) is 0.211. The summed E-state index contributed by atoms with van der Waals surface area (Å²) in [7, 11) is 0. The molecule has 2 heterocycles. The zero-order chi connectivity index (χ0) is 18.8. The van der Waals surface area contributed by atoms with Gasteiger partial charge < -0.3 is 9.80 Å². The number of amides is 1. The van der Waals surface area contributed by atoms with Crippen LogP contribution in [0.25, 0.3) is 5.69 Å². The Labute approximate surface area is 154 Å². The number of hydrogen-bond acceptors (Lipinski definition) is 4. The van der Waals surface area contributed by atoms with Gasteiger partial charge in [0.2, 0.25) is 0 Å². The van der Waals surface area contributed by atoms with Crippen LogP contribution in [0.1, 0.15) is 10.5 Å². The molecule has 0 unspecified atom stereocenters. The van der Waals surface area contributed by atoms with Gasteiger partial charge in [-0.3, -0.25) is 4.79 Å². The molecule has 6 nitrogen and oxygen atoms in total. The normalized spacial score (nSPS) is 14.4. The number of rotatable bonds is 3. The molecule has 1 aliphatic heterocycles. The summed E-state index contributed by atoms with van der Waals surface area (Å²) in [6.07, 6.45) is 1.49. The van der Waals surface area contributed by atoms with Gasteiger partial charge in [0.1, 0.15) is 11.6 Å². The third kappa shape index (κ3) is 3.51. The molecule has 1 amide bonds. The molecule has 0 spiro atoms. The van der Waals surface area contributed by atoms with Crippen LogP contribution in [-0.4, -0.2) is 52.0 Å². The maximum absolute atomic E-state index is 13.9. The third-order valence-electron chi connectivity index (χ3n) is 4.55. The lowest BCUT2D eigenvalue weighted by Gasteiger charge is -2.35. The van der Waals surface area contributed by atoms with Crippen LogP contribution in [0.3, 0.4) is 0 Å². The molecule has 2 aromatic carbocycles. The first kappa shape index (κ1) is 17.1. The number of carbonyl (C=O) groups excluding carboxylic acids is 1. The summed E-state index contributed by atoms with van der Waals surface area (Å²) in [5.74, 6) is -0.902. The molecule has 27 heavy (non-hydrogen) atoms. The van der Waals surface area contributed by atoms with Crippen LogP contribution < -0.4 is 4.90 Å². The lowest BCUT2D eigenvalue weighted by atomic mass is 10.2. The summed E-state index contributed by atoms with van der Waals surface area (Å²) >= 11 is 0. The van der Waals surface area contributed by atoms with Gasteiger partial charge in [0.05, 0.1) is 17.6 Å². The van der Waals surface area contributed by atoms with Crippen LogP contribution in [0.15, 0.2) is 54.7 Å². The lowest BCUT2D eigenvalue weighted by molar-refractivity contribution is 0.0740. The molecule has 0 N–H and O–H groups in total. The fourth-order valence-electron chi connectivity index (χ4n) is 3.13. The minimum Gasteiger partial charge on any atom is -0.366 e. The van der Waals surface area contributed by atoms with E-state index in [4.69, 9.17) is 0 Å². The van der Waals surface area contributed by atoms with E-state index in [0.29, 0.717) is 37.6 Å². The second kappa shape index (κ2) is 7.14. The number of nitrogens with zero attached hydrogens (tertiary/aromatic N) is 5. The fourth-order valence-corrected chi connectivity index (χ4v) is 3.13. The Hall–Kier alpha value is -3.29. The van der Waals surface area contributed by atoms with Gasteiger partial charge in [-0.1, -0.05) is 23.4 Å². The van der Waals surface area contributed by atoms with E-state index in [1.807, 2.05) is 4.90 Å². The van der Waals surface area contributed by atoms with Crippen LogP contribution >= 0.6 is 0 Å². The maximum atomic E-state index is 13.9. The number of para-hydroxylation sites is 1. The first-order valence-electron chi connectivity index (χ1n) is 8.59. The number of piperazine rings is 1. The number of aromatic nitrogens is 3. The van der Waals surface area contributed by atoms with Crippen molar-refractivity contribution in [2.45, 2.75) is 0 Å². The Morgan fingerprint density at radius 3 is 2.48 bits per heavy atom. The molecule has 1 saturated heterocycles. The molecule has 1 aromatic heterocycles. The van der Waals surface area contributed by atoms with Gasteiger partial charge in [-0.2, -0.15) is 0 Å². The van der Waals surface area contributed by atoms with E-state index in [1.165, 1.54) is 29.1 Å². The standard InChI is InChI=1S/C19H17F2N5O/c20-14-4-3-5-15(12-14)26-13-17(22-23-26)19(27)25-10-8-24(9-11-25)18-7-2-1-6-16(18)21/h1-7,12-13H,8-11H2. The second-order valence-electron chi connectivity index (χ2n) is 6.26. The minimum atomic E-state index is -0.389. The molecule has 3 aromatic rings. The van der Waals surface area contributed by atoms with E-state index < -0.39 is 0 Å². The average Bonchev–Trinajstić information content (AvgIpc) is 3.18. The van der Waals surface area contributed by atoms with Gasteiger partial charge in [0.25, 0.3) is 5.91 Å². The molecule has 8 heteroatoms. The van der Waals surface area contributed by atoms with Crippen LogP contribution in [0.2, 0.25) is 0 Å². The van der Waals surface area contributed by atoms with Crippen molar-refractivity contribution in [3.05, 3.63) is 72.1 Å². The molecular weight excluding hydrogens is 352 g/mol. The van der Waals surface area contributed by atoms with E-state index in [1.54, 1.807) is 35.2 Å². The second-order valence-corrected chi connectivity index (χ2v) is 6.26. The highest BCUT2D eigenvalue weighted by Gasteiger charge is 2.25. The number of anilines is 1. The monoisotopic (exact) mass is 369 g/mol. The number of hydrogen-bond donors (Lipinski definition) is 0. The highest BCUT2D eigenvalue weighted by Crippen LogP contribution is 2.20. The largest absolute Gasteiger partial charge is 0.366 e. The summed E-state index contributed by atoms with van der Waals surface area (Å²) in [4.78, 5) is 16.2. The Morgan fingerprint density at radius 2 is 1.74 bits per heavy atom. The van der Waals surface area contributed by atoms with E-state index in [9.17, 15) is 13.6 Å². The predicted octanol–water partition coefficient (Wildman–Crippen LogP) is 2.51. The molecule has 0 bridgehead atoms. The Morgan fingerprint density at radius 1 is 0.963 bits per heavy atom. The number of halogens is 2.